The molecule has 0 radical (unpaired) electrons. The van der Waals surface area contributed by atoms with Crippen molar-refractivity contribution in [1.82, 2.24) is 4.90 Å². The topological polar surface area (TPSA) is 55.6 Å². The van der Waals surface area contributed by atoms with Crippen LogP contribution in [0.4, 0.5) is 0 Å². The minimum Gasteiger partial charge on any atom is -0.489 e. The van der Waals surface area contributed by atoms with Crippen LogP contribution in [0.15, 0.2) is 48.5 Å². The van der Waals surface area contributed by atoms with E-state index in [4.69, 9.17) is 10.5 Å². The zero-order valence-corrected chi connectivity index (χ0v) is 14.1. The minimum atomic E-state index is 0.0582. The van der Waals surface area contributed by atoms with E-state index in [0.717, 1.165) is 37.2 Å². The van der Waals surface area contributed by atoms with Crippen molar-refractivity contribution in [2.24, 2.45) is 5.73 Å². The van der Waals surface area contributed by atoms with E-state index in [-0.39, 0.29) is 11.9 Å². The van der Waals surface area contributed by atoms with Gasteiger partial charge in [0.05, 0.1) is 0 Å². The van der Waals surface area contributed by atoms with E-state index < -0.39 is 0 Å². The van der Waals surface area contributed by atoms with Gasteiger partial charge in [-0.3, -0.25) is 4.79 Å². The molecule has 0 saturated carbocycles. The van der Waals surface area contributed by atoms with Gasteiger partial charge in [-0.05, 0) is 43.5 Å². The van der Waals surface area contributed by atoms with Crippen LogP contribution in [0.2, 0.25) is 0 Å². The van der Waals surface area contributed by atoms with Gasteiger partial charge >= 0.3 is 0 Å². The molecule has 2 N–H and O–H groups in total. The van der Waals surface area contributed by atoms with Crippen LogP contribution < -0.4 is 10.5 Å². The maximum absolute atomic E-state index is 12.6. The molecular weight excluding hydrogens is 300 g/mol. The van der Waals surface area contributed by atoms with Crippen molar-refractivity contribution in [3.8, 4) is 5.75 Å². The second-order valence-electron chi connectivity index (χ2n) is 6.44. The number of ether oxygens (including phenoxy) is 1. The van der Waals surface area contributed by atoms with E-state index in [1.165, 1.54) is 5.56 Å². The molecule has 24 heavy (non-hydrogen) atoms. The Labute approximate surface area is 143 Å². The van der Waals surface area contributed by atoms with Gasteiger partial charge in [-0.15, -0.1) is 0 Å². The third kappa shape index (κ3) is 4.15. The number of benzene rings is 2. The first-order chi connectivity index (χ1) is 11.6. The number of piperidine rings is 1. The fourth-order valence-electron chi connectivity index (χ4n) is 2.97. The maximum Gasteiger partial charge on any atom is 0.253 e. The third-order valence-electron chi connectivity index (χ3n) is 4.40. The summed E-state index contributed by atoms with van der Waals surface area (Å²) < 4.78 is 5.85. The van der Waals surface area contributed by atoms with Crippen LogP contribution in [-0.2, 0) is 6.61 Å². The van der Waals surface area contributed by atoms with Crippen LogP contribution in [0.3, 0.4) is 0 Å². The molecule has 4 heteroatoms. The molecule has 0 aromatic heterocycles. The van der Waals surface area contributed by atoms with Crippen LogP contribution in [0.5, 0.6) is 5.75 Å². The largest absolute Gasteiger partial charge is 0.489 e. The fourth-order valence-corrected chi connectivity index (χ4v) is 2.97. The Balaban J connectivity index is 1.64. The Hall–Kier alpha value is -2.33. The molecule has 1 saturated heterocycles. The minimum absolute atomic E-state index is 0.0582. The summed E-state index contributed by atoms with van der Waals surface area (Å²) in [6.45, 7) is 4.02. The van der Waals surface area contributed by atoms with Gasteiger partial charge in [-0.2, -0.15) is 0 Å². The van der Waals surface area contributed by atoms with Crippen molar-refractivity contribution in [2.75, 3.05) is 13.1 Å². The molecule has 2 aromatic rings. The van der Waals surface area contributed by atoms with Gasteiger partial charge in [-0.1, -0.05) is 35.9 Å². The lowest BCUT2D eigenvalue weighted by Crippen LogP contribution is -2.42. The van der Waals surface area contributed by atoms with Gasteiger partial charge in [0.2, 0.25) is 0 Å². The summed E-state index contributed by atoms with van der Waals surface area (Å²) in [5, 5.41) is 0. The Kier molecular flexibility index (Phi) is 5.16. The van der Waals surface area contributed by atoms with Crippen LogP contribution >= 0.6 is 0 Å². The number of aryl methyl sites for hydroxylation is 1. The zero-order valence-electron chi connectivity index (χ0n) is 14.1. The van der Waals surface area contributed by atoms with Crippen molar-refractivity contribution in [1.29, 1.82) is 0 Å². The average Bonchev–Trinajstić information content (AvgIpc) is 2.60. The second kappa shape index (κ2) is 7.49. The van der Waals surface area contributed by atoms with E-state index in [1.807, 2.05) is 41.3 Å². The molecule has 0 bridgehead atoms. The van der Waals surface area contributed by atoms with Crippen molar-refractivity contribution in [3.05, 3.63) is 65.2 Å². The molecule has 0 atom stereocenters. The second-order valence-corrected chi connectivity index (χ2v) is 6.44. The number of nitrogens with two attached hydrogens (primary N) is 1. The van der Waals surface area contributed by atoms with Crippen molar-refractivity contribution in [3.63, 3.8) is 0 Å². The van der Waals surface area contributed by atoms with E-state index in [9.17, 15) is 4.79 Å². The SMILES string of the molecule is Cc1cccc(COc2cccc(C(=O)N3CCC(N)CC3)c2)c1. The molecule has 1 amide bonds. The number of likely N-dealkylation sites (tertiary alicyclic amines) is 1. The molecule has 2 aromatic carbocycles. The highest BCUT2D eigenvalue weighted by Gasteiger charge is 2.21. The van der Waals surface area contributed by atoms with Crippen molar-refractivity contribution >= 4 is 5.91 Å². The predicted octanol–water partition coefficient (Wildman–Crippen LogP) is 3.14. The number of nitrogens with zero attached hydrogens (tertiary/aromatic N) is 1. The Morgan fingerprint density at radius 1 is 1.17 bits per heavy atom. The summed E-state index contributed by atoms with van der Waals surface area (Å²) in [6, 6.07) is 15.9. The van der Waals surface area contributed by atoms with E-state index in [1.54, 1.807) is 0 Å². The molecular formula is C20H24N2O2. The Morgan fingerprint density at radius 2 is 1.92 bits per heavy atom. The van der Waals surface area contributed by atoms with Crippen LogP contribution in [0.25, 0.3) is 0 Å². The summed E-state index contributed by atoms with van der Waals surface area (Å²) in [5.74, 6) is 0.777. The van der Waals surface area contributed by atoms with Crippen LogP contribution in [0, 0.1) is 6.92 Å². The molecule has 4 nitrogen and oxygen atoms in total. The van der Waals surface area contributed by atoms with Gasteiger partial charge in [0, 0.05) is 24.7 Å². The highest BCUT2D eigenvalue weighted by atomic mass is 16.5. The zero-order chi connectivity index (χ0) is 16.9. The van der Waals surface area contributed by atoms with Gasteiger partial charge in [-0.25, -0.2) is 0 Å². The van der Waals surface area contributed by atoms with Crippen molar-refractivity contribution in [2.45, 2.75) is 32.4 Å². The molecule has 1 aliphatic rings. The van der Waals surface area contributed by atoms with Crippen molar-refractivity contribution < 1.29 is 9.53 Å². The van der Waals surface area contributed by atoms with E-state index in [0.29, 0.717) is 12.2 Å². The molecule has 3 rings (SSSR count). The first kappa shape index (κ1) is 16.5. The first-order valence-corrected chi connectivity index (χ1v) is 8.45. The summed E-state index contributed by atoms with van der Waals surface area (Å²) in [5.41, 5.74) is 8.91. The molecule has 1 heterocycles. The molecule has 0 unspecified atom stereocenters. The fraction of sp³-hybridized carbons (Fsp3) is 0.350. The lowest BCUT2D eigenvalue weighted by Gasteiger charge is -2.30. The van der Waals surface area contributed by atoms with Gasteiger partial charge in [0.15, 0.2) is 0 Å². The van der Waals surface area contributed by atoms with Gasteiger partial charge < -0.3 is 15.4 Å². The number of rotatable bonds is 4. The lowest BCUT2D eigenvalue weighted by molar-refractivity contribution is 0.0714. The molecule has 0 spiro atoms. The maximum atomic E-state index is 12.6. The summed E-state index contributed by atoms with van der Waals surface area (Å²) in [7, 11) is 0. The van der Waals surface area contributed by atoms with E-state index in [2.05, 4.69) is 19.1 Å². The smallest absolute Gasteiger partial charge is 0.253 e. The molecule has 126 valence electrons. The highest BCUT2D eigenvalue weighted by molar-refractivity contribution is 5.94. The standard InChI is InChI=1S/C20H24N2O2/c1-15-4-2-5-16(12-15)14-24-19-7-3-6-17(13-19)20(23)22-10-8-18(21)9-11-22/h2-7,12-13,18H,8-11,14,21H2,1H3. The molecule has 0 aliphatic carbocycles. The number of hydrogen-bond donors (Lipinski definition) is 1. The predicted molar refractivity (Wildman–Crippen MR) is 95.1 cm³/mol. The highest BCUT2D eigenvalue weighted by Crippen LogP contribution is 2.19. The number of carbonyl (C=O) groups excluding carboxylic acids is 1. The average molecular weight is 324 g/mol. The summed E-state index contributed by atoms with van der Waals surface area (Å²) in [6.07, 6.45) is 1.74. The molecule has 1 aliphatic heterocycles. The number of amides is 1. The van der Waals surface area contributed by atoms with Gasteiger partial charge in [0.25, 0.3) is 5.91 Å². The van der Waals surface area contributed by atoms with Crippen LogP contribution in [0.1, 0.15) is 34.3 Å². The quantitative estimate of drug-likeness (QED) is 0.940. The van der Waals surface area contributed by atoms with E-state index >= 15 is 0 Å². The third-order valence-corrected chi connectivity index (χ3v) is 4.40. The summed E-state index contributed by atoms with van der Waals surface area (Å²) in [4.78, 5) is 14.5. The normalized spacial score (nSPS) is 15.3. The number of hydrogen-bond acceptors (Lipinski definition) is 3. The Bertz CT molecular complexity index is 706. The molecule has 1 fully saturated rings. The number of carbonyl (C=O) groups is 1. The summed E-state index contributed by atoms with van der Waals surface area (Å²) >= 11 is 0. The lowest BCUT2D eigenvalue weighted by atomic mass is 10.0. The monoisotopic (exact) mass is 324 g/mol. The Morgan fingerprint density at radius 3 is 2.67 bits per heavy atom. The van der Waals surface area contributed by atoms with Crippen LogP contribution in [-0.4, -0.2) is 29.9 Å². The van der Waals surface area contributed by atoms with Gasteiger partial charge in [0.1, 0.15) is 12.4 Å². The first-order valence-electron chi connectivity index (χ1n) is 8.45.